The molecule has 0 fully saturated rings. The number of fused-ring (bicyclic) bond motifs is 2. The fourth-order valence-corrected chi connectivity index (χ4v) is 4.75. The fourth-order valence-electron chi connectivity index (χ4n) is 3.87. The largest absolute Gasteiger partial charge is 0.573 e. The number of carbonyl (C=O) groups is 2. The molecule has 0 aliphatic heterocycles. The van der Waals surface area contributed by atoms with E-state index < -0.39 is 17.3 Å². The summed E-state index contributed by atoms with van der Waals surface area (Å²) in [4.78, 5) is 41.1. The third-order valence-electron chi connectivity index (χ3n) is 5.89. The molecule has 0 bridgehead atoms. The monoisotopic (exact) mass is 617 g/mol. The summed E-state index contributed by atoms with van der Waals surface area (Å²) in [5, 5.41) is 27.8. The van der Waals surface area contributed by atoms with Crippen molar-refractivity contribution in [2.24, 2.45) is 7.05 Å². The highest BCUT2D eigenvalue weighted by atomic mass is 32.1. The Morgan fingerprint density at radius 1 is 1.02 bits per heavy atom. The van der Waals surface area contributed by atoms with Crippen LogP contribution in [-0.2, 0) is 7.05 Å². The molecule has 13 nitrogen and oxygen atoms in total. The van der Waals surface area contributed by atoms with Gasteiger partial charge < -0.3 is 30.4 Å². The molecule has 224 valence electrons. The summed E-state index contributed by atoms with van der Waals surface area (Å²) in [6.45, 7) is 0. The molecule has 0 saturated carbocycles. The summed E-state index contributed by atoms with van der Waals surface area (Å²) < 4.78 is 43.4. The van der Waals surface area contributed by atoms with Gasteiger partial charge in [-0.15, -0.1) is 13.2 Å². The predicted octanol–water partition coefficient (Wildman–Crippen LogP) is 5.52. The van der Waals surface area contributed by atoms with Gasteiger partial charge in [0, 0.05) is 38.8 Å². The number of anilines is 3. The molecule has 0 aliphatic carbocycles. The van der Waals surface area contributed by atoms with E-state index in [9.17, 15) is 32.9 Å². The highest BCUT2D eigenvalue weighted by Gasteiger charge is 2.31. The van der Waals surface area contributed by atoms with Gasteiger partial charge in [0.05, 0.1) is 31.7 Å². The van der Waals surface area contributed by atoms with Crippen molar-refractivity contribution in [2.75, 3.05) is 24.7 Å². The first kappa shape index (κ1) is 30.5. The predicted molar refractivity (Wildman–Crippen MR) is 153 cm³/mol. The van der Waals surface area contributed by atoms with Crippen molar-refractivity contribution >= 4 is 66.9 Å². The molecule has 0 radical (unpaired) electrons. The topological polar surface area (TPSA) is 174 Å². The van der Waals surface area contributed by atoms with Crippen LogP contribution in [0.25, 0.3) is 21.3 Å². The van der Waals surface area contributed by atoms with Crippen LogP contribution in [0.3, 0.4) is 0 Å². The van der Waals surface area contributed by atoms with Crippen molar-refractivity contribution in [2.45, 2.75) is 6.36 Å². The smallest absolute Gasteiger partial charge is 0.478 e. The number of aromatic nitrogens is 3. The number of halogens is 3. The molecule has 43 heavy (non-hydrogen) atoms. The second kappa shape index (κ2) is 12.2. The van der Waals surface area contributed by atoms with Crippen molar-refractivity contribution < 1.29 is 37.5 Å². The van der Waals surface area contributed by atoms with Gasteiger partial charge in [-0.25, -0.2) is 14.8 Å². The Morgan fingerprint density at radius 2 is 1.72 bits per heavy atom. The number of nitro groups is 1. The minimum absolute atomic E-state index is 0.0138. The molecule has 0 atom stereocenters. The Labute approximate surface area is 244 Å². The number of aryl methyl sites for hydroxylation is 1. The number of carboxylic acid groups (broad SMARTS) is 1. The maximum Gasteiger partial charge on any atom is 0.573 e. The van der Waals surface area contributed by atoms with Crippen LogP contribution < -0.4 is 20.7 Å². The first-order valence-corrected chi connectivity index (χ1v) is 12.9. The van der Waals surface area contributed by atoms with Gasteiger partial charge in [0.1, 0.15) is 11.4 Å². The van der Waals surface area contributed by atoms with Crippen LogP contribution in [0.1, 0.15) is 20.7 Å². The fraction of sp³-hybridized carbons (Fsp3) is 0.154. The van der Waals surface area contributed by atoms with Crippen LogP contribution in [0.5, 0.6) is 5.75 Å². The maximum absolute atomic E-state index is 12.4. The summed E-state index contributed by atoms with van der Waals surface area (Å²) in [6.07, 6.45) is -4.75. The van der Waals surface area contributed by atoms with Crippen LogP contribution in [0.2, 0.25) is 0 Å². The number of alkyl halides is 3. The number of carboxylic acids is 1. The van der Waals surface area contributed by atoms with Gasteiger partial charge in [0.15, 0.2) is 5.13 Å². The van der Waals surface area contributed by atoms with Gasteiger partial charge in [0.25, 0.3) is 11.6 Å². The van der Waals surface area contributed by atoms with Crippen molar-refractivity contribution in [3.63, 3.8) is 0 Å². The van der Waals surface area contributed by atoms with Crippen LogP contribution in [0.4, 0.5) is 35.6 Å². The van der Waals surface area contributed by atoms with Crippen LogP contribution >= 0.6 is 11.3 Å². The molecule has 3 aromatic carbocycles. The number of thiazole rings is 1. The number of ether oxygens (including phenoxy) is 1. The zero-order chi connectivity index (χ0) is 31.5. The number of hydrogen-bond acceptors (Lipinski definition) is 10. The van der Waals surface area contributed by atoms with E-state index in [1.54, 1.807) is 36.9 Å². The Bertz CT molecular complexity index is 1850. The Kier molecular flexibility index (Phi) is 8.65. The van der Waals surface area contributed by atoms with E-state index in [4.69, 9.17) is 5.11 Å². The highest BCUT2D eigenvalue weighted by molar-refractivity contribution is 7.22. The van der Waals surface area contributed by atoms with Crippen LogP contribution in [0, 0.1) is 10.1 Å². The summed E-state index contributed by atoms with van der Waals surface area (Å²) >= 11 is 1.18. The van der Waals surface area contributed by atoms with Crippen molar-refractivity contribution in [3.05, 3.63) is 75.8 Å². The lowest BCUT2D eigenvalue weighted by atomic mass is 10.2. The first-order valence-electron chi connectivity index (χ1n) is 12.1. The molecule has 0 unspecified atom stereocenters. The Balaban J connectivity index is 0.000000255. The summed E-state index contributed by atoms with van der Waals surface area (Å²) in [7, 11) is 4.84. The number of amides is 1. The minimum atomic E-state index is -4.75. The lowest BCUT2D eigenvalue weighted by molar-refractivity contribution is -0.383. The number of hydrogen-bond donors (Lipinski definition) is 4. The zero-order valence-corrected chi connectivity index (χ0v) is 23.3. The summed E-state index contributed by atoms with van der Waals surface area (Å²) in [5.41, 5.74) is 2.53. The SMILES string of the molecule is CNC(=O)c1ccc2nc(Nc3nc4ccc(OC(F)(F)F)cc4s3)n(C)c2c1.CNc1cc(C(=O)O)ccc1[N+](=O)[O-]. The maximum atomic E-state index is 12.4. The second-order valence-electron chi connectivity index (χ2n) is 8.64. The molecule has 1 amide bonds. The molecular formula is C26H22F3N7O6S. The standard InChI is InChI=1S/C18H14F3N5O2S.C8H8N2O4/c1-22-15(27)9-3-5-11-13(7-9)26(2)16(23-11)25-17-24-12-6-4-10(8-14(12)29-17)28-18(19,20)21;1-9-6-4-5(8(11)12)2-3-7(6)10(13)14/h3-8H,1-2H3,(H,22,27)(H,23,24,25);2-4,9H,1H3,(H,11,12). The van der Waals surface area contributed by atoms with Crippen LogP contribution in [-0.4, -0.2) is 56.9 Å². The molecule has 0 saturated heterocycles. The summed E-state index contributed by atoms with van der Waals surface area (Å²) in [6, 6.07) is 12.7. The number of benzene rings is 3. The molecular weight excluding hydrogens is 595 g/mol. The number of aromatic carboxylic acids is 1. The number of carbonyl (C=O) groups excluding carboxylic acids is 1. The van der Waals surface area contributed by atoms with E-state index in [2.05, 4.69) is 30.7 Å². The third kappa shape index (κ3) is 7.07. The zero-order valence-electron chi connectivity index (χ0n) is 22.5. The van der Waals surface area contributed by atoms with Gasteiger partial charge in [-0.05, 0) is 42.5 Å². The number of nitrogens with zero attached hydrogens (tertiary/aromatic N) is 4. The van der Waals surface area contributed by atoms with E-state index in [1.165, 1.54) is 48.7 Å². The lowest BCUT2D eigenvalue weighted by Crippen LogP contribution is -2.17. The average molecular weight is 618 g/mol. The molecule has 5 rings (SSSR count). The number of rotatable bonds is 7. The molecule has 0 spiro atoms. The average Bonchev–Trinajstić information content (AvgIpc) is 3.50. The normalized spacial score (nSPS) is 11.0. The van der Waals surface area contributed by atoms with E-state index >= 15 is 0 Å². The quantitative estimate of drug-likeness (QED) is 0.135. The van der Waals surface area contributed by atoms with Crippen molar-refractivity contribution in [3.8, 4) is 5.75 Å². The minimum Gasteiger partial charge on any atom is -0.478 e. The lowest BCUT2D eigenvalue weighted by Gasteiger charge is -2.07. The van der Waals surface area contributed by atoms with Crippen molar-refractivity contribution in [1.29, 1.82) is 0 Å². The second-order valence-corrected chi connectivity index (χ2v) is 9.67. The first-order chi connectivity index (χ1) is 20.3. The molecule has 5 aromatic rings. The molecule has 2 aromatic heterocycles. The number of nitrogens with one attached hydrogen (secondary N) is 3. The molecule has 0 aliphatic rings. The van der Waals surface area contributed by atoms with E-state index in [0.717, 1.165) is 11.6 Å². The van der Waals surface area contributed by atoms with Gasteiger partial charge in [-0.2, -0.15) is 0 Å². The van der Waals surface area contributed by atoms with Gasteiger partial charge >= 0.3 is 12.3 Å². The van der Waals surface area contributed by atoms with Crippen molar-refractivity contribution in [1.82, 2.24) is 19.9 Å². The number of imidazole rings is 1. The third-order valence-corrected chi connectivity index (χ3v) is 6.83. The number of nitro benzene ring substituents is 1. The molecule has 17 heteroatoms. The molecule has 4 N–H and O–H groups in total. The Hall–Kier alpha value is -5.45. The van der Waals surface area contributed by atoms with E-state index in [1.807, 2.05) is 0 Å². The van der Waals surface area contributed by atoms with Gasteiger partial charge in [-0.1, -0.05) is 11.3 Å². The van der Waals surface area contributed by atoms with E-state index in [0.29, 0.717) is 32.4 Å². The summed E-state index contributed by atoms with van der Waals surface area (Å²) in [5.74, 6) is -1.13. The van der Waals surface area contributed by atoms with Gasteiger partial charge in [-0.3, -0.25) is 14.9 Å². The van der Waals surface area contributed by atoms with Crippen LogP contribution in [0.15, 0.2) is 54.6 Å². The molecule has 2 heterocycles. The van der Waals surface area contributed by atoms with E-state index in [-0.39, 0.29) is 28.6 Å². The Morgan fingerprint density at radius 3 is 2.35 bits per heavy atom. The highest BCUT2D eigenvalue weighted by Crippen LogP contribution is 2.33. The van der Waals surface area contributed by atoms with Gasteiger partial charge in [0.2, 0.25) is 5.95 Å².